The first kappa shape index (κ1) is 13.6. The molecule has 0 aliphatic carbocycles. The second-order valence-electron chi connectivity index (χ2n) is 4.59. The quantitative estimate of drug-likeness (QED) is 0.850. The van der Waals surface area contributed by atoms with E-state index in [-0.39, 0.29) is 0 Å². The van der Waals surface area contributed by atoms with Crippen LogP contribution in [0.5, 0.6) is 0 Å². The van der Waals surface area contributed by atoms with Gasteiger partial charge in [-0.15, -0.1) is 0 Å². The first-order chi connectivity index (χ1) is 8.36. The summed E-state index contributed by atoms with van der Waals surface area (Å²) in [4.78, 5) is 0. The maximum Gasteiger partial charge on any atom is 0.0876 e. The molecule has 1 fully saturated rings. The van der Waals surface area contributed by atoms with Gasteiger partial charge in [0.1, 0.15) is 0 Å². The lowest BCUT2D eigenvalue weighted by Crippen LogP contribution is -2.45. The van der Waals surface area contributed by atoms with Gasteiger partial charge in [0.05, 0.1) is 12.9 Å². The number of nitrogens with one attached hydrogen (secondary N) is 1. The van der Waals surface area contributed by atoms with Gasteiger partial charge in [0.2, 0.25) is 0 Å². The van der Waals surface area contributed by atoms with Crippen molar-refractivity contribution in [3.05, 3.63) is 11.8 Å². The summed E-state index contributed by atoms with van der Waals surface area (Å²) < 4.78 is 5.51. The van der Waals surface area contributed by atoms with Crippen LogP contribution in [0, 0.1) is 0 Å². The smallest absolute Gasteiger partial charge is 0.0876 e. The summed E-state index contributed by atoms with van der Waals surface area (Å²) in [7, 11) is 2.09. The van der Waals surface area contributed by atoms with Crippen molar-refractivity contribution < 1.29 is 4.74 Å². The molecule has 2 aliphatic rings. The molecule has 1 saturated heterocycles. The Kier molecular flexibility index (Phi) is 5.57. The topological polar surface area (TPSA) is 21.3 Å². The first-order valence-electron chi connectivity index (χ1n) is 6.57. The fourth-order valence-corrected chi connectivity index (χ4v) is 5.93. The molecule has 0 amide bonds. The van der Waals surface area contributed by atoms with Crippen LogP contribution in [-0.4, -0.2) is 41.7 Å². The van der Waals surface area contributed by atoms with Gasteiger partial charge in [-0.3, -0.25) is 0 Å². The van der Waals surface area contributed by atoms with E-state index < -0.39 is 0 Å². The van der Waals surface area contributed by atoms with Crippen LogP contribution in [0.15, 0.2) is 11.8 Å². The lowest BCUT2D eigenvalue weighted by atomic mass is 9.96. The minimum Gasteiger partial charge on any atom is -0.501 e. The second-order valence-corrected chi connectivity index (χ2v) is 7.22. The lowest BCUT2D eigenvalue weighted by molar-refractivity contribution is 0.219. The Balaban J connectivity index is 2.07. The van der Waals surface area contributed by atoms with Crippen LogP contribution in [0.1, 0.15) is 26.2 Å². The predicted molar refractivity (Wildman–Crippen MR) is 78.9 cm³/mol. The van der Waals surface area contributed by atoms with Crippen molar-refractivity contribution >= 4 is 23.5 Å². The van der Waals surface area contributed by atoms with E-state index in [4.69, 9.17) is 4.74 Å². The second kappa shape index (κ2) is 6.95. The van der Waals surface area contributed by atoms with E-state index in [0.29, 0.717) is 11.3 Å². The highest BCUT2D eigenvalue weighted by molar-refractivity contribution is 8.07. The zero-order valence-corrected chi connectivity index (χ0v) is 12.4. The zero-order chi connectivity index (χ0) is 12.1. The molecule has 3 unspecified atom stereocenters. The van der Waals surface area contributed by atoms with Gasteiger partial charge in [-0.1, -0.05) is 6.92 Å². The minimum atomic E-state index is 0.498. The third kappa shape index (κ3) is 3.36. The molecule has 2 rings (SSSR count). The van der Waals surface area contributed by atoms with Crippen LogP contribution < -0.4 is 5.32 Å². The highest BCUT2D eigenvalue weighted by Gasteiger charge is 2.33. The molecule has 0 spiro atoms. The number of ether oxygens (including phenoxy) is 1. The maximum absolute atomic E-state index is 5.51. The van der Waals surface area contributed by atoms with Gasteiger partial charge >= 0.3 is 0 Å². The molecule has 0 radical (unpaired) electrons. The van der Waals surface area contributed by atoms with E-state index in [1.807, 2.05) is 6.26 Å². The molecule has 0 aromatic rings. The molecular formula is C13H23NOS2. The van der Waals surface area contributed by atoms with Crippen LogP contribution >= 0.6 is 23.5 Å². The van der Waals surface area contributed by atoms with Gasteiger partial charge < -0.3 is 10.1 Å². The van der Waals surface area contributed by atoms with Crippen LogP contribution in [-0.2, 0) is 4.74 Å². The Labute approximate surface area is 113 Å². The average Bonchev–Trinajstić information content (AvgIpc) is 2.41. The third-order valence-corrected chi connectivity index (χ3v) is 6.85. The van der Waals surface area contributed by atoms with Crippen molar-refractivity contribution in [3.63, 3.8) is 0 Å². The van der Waals surface area contributed by atoms with E-state index in [0.717, 1.165) is 11.9 Å². The van der Waals surface area contributed by atoms with Crippen LogP contribution in [0.2, 0.25) is 0 Å². The van der Waals surface area contributed by atoms with Crippen molar-refractivity contribution in [2.75, 3.05) is 25.2 Å². The summed E-state index contributed by atoms with van der Waals surface area (Å²) in [6, 6.07) is 0.498. The molecule has 17 heavy (non-hydrogen) atoms. The Morgan fingerprint density at radius 2 is 2.29 bits per heavy atom. The summed E-state index contributed by atoms with van der Waals surface area (Å²) in [5.74, 6) is 2.60. The van der Waals surface area contributed by atoms with Crippen molar-refractivity contribution in [2.45, 2.75) is 42.7 Å². The van der Waals surface area contributed by atoms with Gasteiger partial charge in [-0.25, -0.2) is 0 Å². The largest absolute Gasteiger partial charge is 0.501 e. The van der Waals surface area contributed by atoms with Gasteiger partial charge in [0, 0.05) is 28.0 Å². The van der Waals surface area contributed by atoms with Gasteiger partial charge in [-0.05, 0) is 31.9 Å². The highest BCUT2D eigenvalue weighted by atomic mass is 32.2. The van der Waals surface area contributed by atoms with Crippen molar-refractivity contribution in [1.29, 1.82) is 0 Å². The molecule has 0 aromatic heterocycles. The zero-order valence-electron chi connectivity index (χ0n) is 10.8. The first-order valence-corrected chi connectivity index (χ1v) is 8.67. The number of hydrogen-bond donors (Lipinski definition) is 1. The molecule has 3 atom stereocenters. The number of likely N-dealkylation sites (N-methyl/N-ethyl adjacent to an activating group) is 1. The Morgan fingerprint density at radius 3 is 2.94 bits per heavy atom. The summed E-state index contributed by atoms with van der Waals surface area (Å²) in [6.07, 6.45) is 5.65. The lowest BCUT2D eigenvalue weighted by Gasteiger charge is -2.37. The monoisotopic (exact) mass is 273 g/mol. The predicted octanol–water partition coefficient (Wildman–Crippen LogP) is 2.90. The molecular weight excluding hydrogens is 250 g/mol. The molecule has 0 aromatic carbocycles. The minimum absolute atomic E-state index is 0.498. The molecule has 2 nitrogen and oxygen atoms in total. The summed E-state index contributed by atoms with van der Waals surface area (Å²) in [6.45, 7) is 3.21. The SMILES string of the molecule is CCC1SCCSC1C(NC)C1=COCCC1. The third-order valence-electron chi connectivity index (χ3n) is 3.50. The van der Waals surface area contributed by atoms with Gasteiger partial charge in [0.25, 0.3) is 0 Å². The average molecular weight is 273 g/mol. The fraction of sp³-hybridized carbons (Fsp3) is 0.846. The normalized spacial score (nSPS) is 31.5. The van der Waals surface area contributed by atoms with Crippen molar-refractivity contribution in [2.24, 2.45) is 0 Å². The number of hydrogen-bond acceptors (Lipinski definition) is 4. The molecule has 2 aliphatic heterocycles. The molecule has 1 N–H and O–H groups in total. The molecule has 0 bridgehead atoms. The van der Waals surface area contributed by atoms with Crippen molar-refractivity contribution in [3.8, 4) is 0 Å². The van der Waals surface area contributed by atoms with E-state index in [1.54, 1.807) is 0 Å². The van der Waals surface area contributed by atoms with Gasteiger partial charge in [0.15, 0.2) is 0 Å². The Bertz CT molecular complexity index is 270. The summed E-state index contributed by atoms with van der Waals surface area (Å²) in [5.41, 5.74) is 1.47. The number of thioether (sulfide) groups is 2. The Morgan fingerprint density at radius 1 is 1.47 bits per heavy atom. The van der Waals surface area contributed by atoms with Crippen LogP contribution in [0.3, 0.4) is 0 Å². The van der Waals surface area contributed by atoms with Crippen LogP contribution in [0.25, 0.3) is 0 Å². The summed E-state index contributed by atoms with van der Waals surface area (Å²) >= 11 is 4.29. The molecule has 2 heterocycles. The van der Waals surface area contributed by atoms with Crippen molar-refractivity contribution in [1.82, 2.24) is 5.32 Å². The van der Waals surface area contributed by atoms with Gasteiger partial charge in [-0.2, -0.15) is 23.5 Å². The maximum atomic E-state index is 5.51. The van der Waals surface area contributed by atoms with E-state index in [1.165, 1.54) is 36.3 Å². The Hall–Kier alpha value is 0.200. The van der Waals surface area contributed by atoms with Crippen LogP contribution in [0.4, 0.5) is 0 Å². The van der Waals surface area contributed by atoms with E-state index >= 15 is 0 Å². The fourth-order valence-electron chi connectivity index (χ4n) is 2.62. The summed E-state index contributed by atoms with van der Waals surface area (Å²) in [5, 5.41) is 5.01. The standard InChI is InChI=1S/C13H23NOS2/c1-3-11-13(17-8-7-16-11)12(14-2)10-5-4-6-15-9-10/h9,11-14H,3-8H2,1-2H3. The van der Waals surface area contributed by atoms with E-state index in [9.17, 15) is 0 Å². The highest BCUT2D eigenvalue weighted by Crippen LogP contribution is 2.37. The molecule has 0 saturated carbocycles. The number of rotatable bonds is 4. The molecule has 4 heteroatoms. The van der Waals surface area contributed by atoms with E-state index in [2.05, 4.69) is 42.8 Å². The molecule has 98 valence electrons.